The first-order valence-corrected chi connectivity index (χ1v) is 6.49. The van der Waals surface area contributed by atoms with Gasteiger partial charge in [0.15, 0.2) is 6.10 Å². The summed E-state index contributed by atoms with van der Waals surface area (Å²) >= 11 is 0. The maximum absolute atomic E-state index is 12.2. The lowest BCUT2D eigenvalue weighted by molar-refractivity contribution is -0.128. The molecule has 0 unspecified atom stereocenters. The minimum atomic E-state index is -0.615. The first kappa shape index (κ1) is 14.3. The van der Waals surface area contributed by atoms with Crippen molar-refractivity contribution in [1.82, 2.24) is 5.32 Å². The van der Waals surface area contributed by atoms with Gasteiger partial charge in [0.1, 0.15) is 12.3 Å². The number of benzene rings is 1. The van der Waals surface area contributed by atoms with Gasteiger partial charge in [0.2, 0.25) is 5.91 Å². The Morgan fingerprint density at radius 1 is 1.50 bits per heavy atom. The SMILES string of the molecule is Cc1ccc2c(c1)N(CC(=O)NCCO)C(=O)[C@@H](C)O2. The molecule has 1 aromatic carbocycles. The van der Waals surface area contributed by atoms with E-state index in [4.69, 9.17) is 9.84 Å². The van der Waals surface area contributed by atoms with Crippen molar-refractivity contribution >= 4 is 17.5 Å². The van der Waals surface area contributed by atoms with Crippen LogP contribution in [0.3, 0.4) is 0 Å². The molecular weight excluding hydrogens is 260 g/mol. The summed E-state index contributed by atoms with van der Waals surface area (Å²) in [6.45, 7) is 3.53. The summed E-state index contributed by atoms with van der Waals surface area (Å²) in [5.41, 5.74) is 1.59. The van der Waals surface area contributed by atoms with Crippen LogP contribution in [-0.2, 0) is 9.59 Å². The number of anilines is 1. The van der Waals surface area contributed by atoms with Crippen molar-refractivity contribution in [1.29, 1.82) is 0 Å². The normalized spacial score (nSPS) is 17.4. The van der Waals surface area contributed by atoms with Crippen LogP contribution in [0, 0.1) is 6.92 Å². The van der Waals surface area contributed by atoms with Crippen LogP contribution >= 0.6 is 0 Å². The fraction of sp³-hybridized carbons (Fsp3) is 0.429. The molecule has 2 N–H and O–H groups in total. The van der Waals surface area contributed by atoms with Gasteiger partial charge in [0, 0.05) is 6.54 Å². The summed E-state index contributed by atoms with van der Waals surface area (Å²) in [6.07, 6.45) is -0.615. The van der Waals surface area contributed by atoms with Crippen LogP contribution in [0.1, 0.15) is 12.5 Å². The molecule has 2 rings (SSSR count). The van der Waals surface area contributed by atoms with Crippen molar-refractivity contribution in [2.24, 2.45) is 0 Å². The van der Waals surface area contributed by atoms with Crippen LogP contribution in [0.25, 0.3) is 0 Å². The molecule has 1 aliphatic rings. The third kappa shape index (κ3) is 2.91. The molecule has 0 saturated carbocycles. The number of aliphatic hydroxyl groups excluding tert-OH is 1. The Labute approximate surface area is 117 Å². The smallest absolute Gasteiger partial charge is 0.268 e. The van der Waals surface area contributed by atoms with Crippen LogP contribution in [-0.4, -0.2) is 42.7 Å². The molecule has 1 aliphatic heterocycles. The fourth-order valence-electron chi connectivity index (χ4n) is 2.07. The Balaban J connectivity index is 2.24. The van der Waals surface area contributed by atoms with Crippen LogP contribution < -0.4 is 15.0 Å². The van der Waals surface area contributed by atoms with Gasteiger partial charge in [-0.2, -0.15) is 0 Å². The molecule has 6 nitrogen and oxygen atoms in total. The zero-order valence-electron chi connectivity index (χ0n) is 11.5. The van der Waals surface area contributed by atoms with Crippen molar-refractivity contribution in [2.75, 3.05) is 24.6 Å². The fourth-order valence-corrected chi connectivity index (χ4v) is 2.07. The summed E-state index contributed by atoms with van der Waals surface area (Å²) in [5.74, 6) is 0.0360. The molecule has 0 radical (unpaired) electrons. The highest BCUT2D eigenvalue weighted by molar-refractivity contribution is 6.03. The first-order valence-electron chi connectivity index (χ1n) is 6.49. The predicted molar refractivity (Wildman–Crippen MR) is 73.7 cm³/mol. The highest BCUT2D eigenvalue weighted by atomic mass is 16.5. The Hall–Kier alpha value is -2.08. The number of ether oxygens (including phenoxy) is 1. The van der Waals surface area contributed by atoms with Crippen molar-refractivity contribution < 1.29 is 19.4 Å². The second-order valence-corrected chi connectivity index (χ2v) is 4.73. The highest BCUT2D eigenvalue weighted by Crippen LogP contribution is 2.34. The number of aryl methyl sites for hydroxylation is 1. The van der Waals surface area contributed by atoms with E-state index >= 15 is 0 Å². The average Bonchev–Trinajstić information content (AvgIpc) is 2.42. The second kappa shape index (κ2) is 5.92. The van der Waals surface area contributed by atoms with E-state index < -0.39 is 6.10 Å². The van der Waals surface area contributed by atoms with Gasteiger partial charge in [-0.05, 0) is 31.5 Å². The summed E-state index contributed by atoms with van der Waals surface area (Å²) in [7, 11) is 0. The molecule has 0 fully saturated rings. The zero-order chi connectivity index (χ0) is 14.7. The van der Waals surface area contributed by atoms with Crippen LogP contribution in [0.4, 0.5) is 5.69 Å². The zero-order valence-corrected chi connectivity index (χ0v) is 11.5. The number of fused-ring (bicyclic) bond motifs is 1. The minimum Gasteiger partial charge on any atom is -0.479 e. The van der Waals surface area contributed by atoms with Crippen molar-refractivity contribution in [2.45, 2.75) is 20.0 Å². The molecule has 0 aromatic heterocycles. The van der Waals surface area contributed by atoms with E-state index in [9.17, 15) is 9.59 Å². The van der Waals surface area contributed by atoms with Gasteiger partial charge in [-0.15, -0.1) is 0 Å². The number of hydrogen-bond acceptors (Lipinski definition) is 4. The van der Waals surface area contributed by atoms with E-state index in [-0.39, 0.29) is 31.5 Å². The summed E-state index contributed by atoms with van der Waals surface area (Å²) in [6, 6.07) is 5.51. The Kier molecular flexibility index (Phi) is 4.24. The third-order valence-corrected chi connectivity index (χ3v) is 3.06. The first-order chi connectivity index (χ1) is 9.52. The van der Waals surface area contributed by atoms with Gasteiger partial charge in [-0.25, -0.2) is 0 Å². The number of hydrogen-bond donors (Lipinski definition) is 2. The second-order valence-electron chi connectivity index (χ2n) is 4.73. The van der Waals surface area contributed by atoms with E-state index in [2.05, 4.69) is 5.32 Å². The van der Waals surface area contributed by atoms with E-state index in [1.54, 1.807) is 13.0 Å². The van der Waals surface area contributed by atoms with E-state index in [1.165, 1.54) is 4.90 Å². The molecule has 20 heavy (non-hydrogen) atoms. The number of amides is 2. The Morgan fingerprint density at radius 2 is 2.25 bits per heavy atom. The van der Waals surface area contributed by atoms with Gasteiger partial charge in [0.25, 0.3) is 5.91 Å². The van der Waals surface area contributed by atoms with Gasteiger partial charge >= 0.3 is 0 Å². The molecule has 2 amide bonds. The van der Waals surface area contributed by atoms with E-state index in [0.717, 1.165) is 5.56 Å². The van der Waals surface area contributed by atoms with Gasteiger partial charge in [0.05, 0.1) is 12.3 Å². The van der Waals surface area contributed by atoms with Crippen LogP contribution in [0.15, 0.2) is 18.2 Å². The van der Waals surface area contributed by atoms with Gasteiger partial charge in [-0.3, -0.25) is 14.5 Å². The molecule has 0 aliphatic carbocycles. The molecule has 1 heterocycles. The van der Waals surface area contributed by atoms with Gasteiger partial charge in [-0.1, -0.05) is 6.07 Å². The van der Waals surface area contributed by atoms with Crippen molar-refractivity contribution in [3.8, 4) is 5.75 Å². The topological polar surface area (TPSA) is 78.9 Å². The molecule has 6 heteroatoms. The van der Waals surface area contributed by atoms with E-state index in [0.29, 0.717) is 11.4 Å². The van der Waals surface area contributed by atoms with Crippen molar-refractivity contribution in [3.63, 3.8) is 0 Å². The van der Waals surface area contributed by atoms with Crippen LogP contribution in [0.2, 0.25) is 0 Å². The number of nitrogens with one attached hydrogen (secondary N) is 1. The molecule has 0 saturated heterocycles. The monoisotopic (exact) mass is 278 g/mol. The van der Waals surface area contributed by atoms with Crippen molar-refractivity contribution in [3.05, 3.63) is 23.8 Å². The maximum Gasteiger partial charge on any atom is 0.268 e. The standard InChI is InChI=1S/C14H18N2O4/c1-9-3-4-12-11(7-9)16(14(19)10(2)20-12)8-13(18)15-5-6-17/h3-4,7,10,17H,5-6,8H2,1-2H3,(H,15,18)/t10-/m1/s1. The molecule has 0 bridgehead atoms. The Bertz CT molecular complexity index is 530. The lowest BCUT2D eigenvalue weighted by Gasteiger charge is -2.32. The number of rotatable bonds is 4. The Morgan fingerprint density at radius 3 is 2.95 bits per heavy atom. The summed E-state index contributed by atoms with van der Waals surface area (Å²) < 4.78 is 5.53. The van der Waals surface area contributed by atoms with Gasteiger partial charge < -0.3 is 15.2 Å². The molecule has 1 atom stereocenters. The number of carbonyl (C=O) groups is 2. The summed E-state index contributed by atoms with van der Waals surface area (Å²) in [5, 5.41) is 11.2. The molecule has 108 valence electrons. The lowest BCUT2D eigenvalue weighted by atomic mass is 10.1. The molecule has 0 spiro atoms. The molecule has 1 aromatic rings. The number of aliphatic hydroxyl groups is 1. The average molecular weight is 278 g/mol. The van der Waals surface area contributed by atoms with Crippen LogP contribution in [0.5, 0.6) is 5.75 Å². The lowest BCUT2D eigenvalue weighted by Crippen LogP contribution is -2.49. The quantitative estimate of drug-likeness (QED) is 0.825. The predicted octanol–water partition coefficient (Wildman–Crippen LogP) is 0.217. The number of carbonyl (C=O) groups excluding carboxylic acids is 2. The third-order valence-electron chi connectivity index (χ3n) is 3.06. The molecular formula is C14H18N2O4. The highest BCUT2D eigenvalue weighted by Gasteiger charge is 2.32. The maximum atomic E-state index is 12.2. The number of nitrogens with zero attached hydrogens (tertiary/aromatic N) is 1. The summed E-state index contributed by atoms with van der Waals surface area (Å²) in [4.78, 5) is 25.4. The largest absolute Gasteiger partial charge is 0.479 e. The van der Waals surface area contributed by atoms with E-state index in [1.807, 2.05) is 19.1 Å². The minimum absolute atomic E-state index is 0.0804.